The number of carbonyl (C=O) groups excluding carboxylic acids is 1. The van der Waals surface area contributed by atoms with Crippen molar-refractivity contribution in [3.8, 4) is 0 Å². The van der Waals surface area contributed by atoms with Crippen LogP contribution in [0.1, 0.15) is 65.2 Å². The van der Waals surface area contributed by atoms with E-state index in [1.54, 1.807) is 0 Å². The normalized spacial score (nSPS) is 20.2. The van der Waals surface area contributed by atoms with Crippen LogP contribution in [0.15, 0.2) is 0 Å². The molecule has 1 saturated carbocycles. The van der Waals surface area contributed by atoms with Crippen molar-refractivity contribution in [1.82, 2.24) is 5.32 Å². The maximum Gasteiger partial charge on any atom is 0.223 e. The number of hydrogen-bond acceptors (Lipinski definition) is 1. The van der Waals surface area contributed by atoms with E-state index in [9.17, 15) is 4.79 Å². The lowest BCUT2D eigenvalue weighted by atomic mass is 9.90. The zero-order valence-corrected chi connectivity index (χ0v) is 12.6. The highest BCUT2D eigenvalue weighted by atomic mass is 35.5. The second kappa shape index (κ2) is 8.79. The molecule has 0 aliphatic heterocycles. The number of alkyl halides is 1. The zero-order chi connectivity index (χ0) is 13.4. The SMILES string of the molecule is CC(C)CC(Cl)CNC(=O)C1CCCCCCC1. The highest BCUT2D eigenvalue weighted by Gasteiger charge is 2.19. The average molecular weight is 274 g/mol. The predicted octanol–water partition coefficient (Wildman–Crippen LogP) is 4.12. The van der Waals surface area contributed by atoms with Gasteiger partial charge in [0.1, 0.15) is 0 Å². The molecule has 0 spiro atoms. The van der Waals surface area contributed by atoms with Crippen molar-refractivity contribution < 1.29 is 4.79 Å². The summed E-state index contributed by atoms with van der Waals surface area (Å²) in [5.41, 5.74) is 0. The van der Waals surface area contributed by atoms with Crippen LogP contribution in [0.5, 0.6) is 0 Å². The predicted molar refractivity (Wildman–Crippen MR) is 77.9 cm³/mol. The molecule has 1 atom stereocenters. The number of amides is 1. The van der Waals surface area contributed by atoms with Crippen LogP contribution in [-0.4, -0.2) is 17.8 Å². The fourth-order valence-electron chi connectivity index (χ4n) is 2.67. The van der Waals surface area contributed by atoms with Crippen molar-refractivity contribution in [2.45, 2.75) is 70.6 Å². The highest BCUT2D eigenvalue weighted by molar-refractivity contribution is 6.20. The lowest BCUT2D eigenvalue weighted by molar-refractivity contribution is -0.125. The van der Waals surface area contributed by atoms with Crippen LogP contribution in [0.4, 0.5) is 0 Å². The maximum atomic E-state index is 12.1. The van der Waals surface area contributed by atoms with E-state index in [-0.39, 0.29) is 17.2 Å². The summed E-state index contributed by atoms with van der Waals surface area (Å²) >= 11 is 6.20. The first kappa shape index (κ1) is 15.8. The molecule has 1 unspecified atom stereocenters. The van der Waals surface area contributed by atoms with Crippen LogP contribution in [0.3, 0.4) is 0 Å². The van der Waals surface area contributed by atoms with Gasteiger partial charge in [0.05, 0.1) is 5.38 Å². The van der Waals surface area contributed by atoms with Crippen LogP contribution < -0.4 is 5.32 Å². The quantitative estimate of drug-likeness (QED) is 0.750. The first-order valence-corrected chi connectivity index (χ1v) is 7.95. The van der Waals surface area contributed by atoms with Crippen LogP contribution in [-0.2, 0) is 4.79 Å². The van der Waals surface area contributed by atoms with Crippen molar-refractivity contribution in [2.75, 3.05) is 6.54 Å². The van der Waals surface area contributed by atoms with Gasteiger partial charge in [0.25, 0.3) is 0 Å². The molecule has 1 aliphatic rings. The first-order valence-electron chi connectivity index (χ1n) is 7.51. The summed E-state index contributed by atoms with van der Waals surface area (Å²) in [7, 11) is 0. The molecule has 0 aromatic heterocycles. The molecule has 2 nitrogen and oxygen atoms in total. The molecule has 1 amide bonds. The van der Waals surface area contributed by atoms with E-state index in [1.807, 2.05) is 0 Å². The van der Waals surface area contributed by atoms with Gasteiger partial charge in [-0.15, -0.1) is 11.6 Å². The van der Waals surface area contributed by atoms with E-state index in [4.69, 9.17) is 11.6 Å². The van der Waals surface area contributed by atoms with Crippen molar-refractivity contribution in [2.24, 2.45) is 11.8 Å². The topological polar surface area (TPSA) is 29.1 Å². The van der Waals surface area contributed by atoms with E-state index in [2.05, 4.69) is 19.2 Å². The first-order chi connectivity index (χ1) is 8.59. The standard InChI is InChI=1S/C15H28ClNO/c1-12(2)10-14(16)11-17-15(18)13-8-6-4-3-5-7-9-13/h12-14H,3-11H2,1-2H3,(H,17,18). The average Bonchev–Trinajstić information content (AvgIpc) is 2.24. The molecule has 0 saturated heterocycles. The van der Waals surface area contributed by atoms with Gasteiger partial charge >= 0.3 is 0 Å². The van der Waals surface area contributed by atoms with Gasteiger partial charge in [0.15, 0.2) is 0 Å². The van der Waals surface area contributed by atoms with Crippen LogP contribution in [0.2, 0.25) is 0 Å². The van der Waals surface area contributed by atoms with Gasteiger partial charge in [0.2, 0.25) is 5.91 Å². The zero-order valence-electron chi connectivity index (χ0n) is 11.9. The molecule has 1 aliphatic carbocycles. The third-order valence-electron chi connectivity index (χ3n) is 3.70. The minimum atomic E-state index is 0.0718. The monoisotopic (exact) mass is 273 g/mol. The van der Waals surface area contributed by atoms with Crippen molar-refractivity contribution >= 4 is 17.5 Å². The minimum Gasteiger partial charge on any atom is -0.354 e. The maximum absolute atomic E-state index is 12.1. The van der Waals surface area contributed by atoms with Crippen LogP contribution in [0, 0.1) is 11.8 Å². The summed E-state index contributed by atoms with van der Waals surface area (Å²) in [5.74, 6) is 1.05. The number of hydrogen-bond donors (Lipinski definition) is 1. The molecule has 18 heavy (non-hydrogen) atoms. The van der Waals surface area contributed by atoms with E-state index in [1.165, 1.54) is 32.1 Å². The Hall–Kier alpha value is -0.240. The summed E-state index contributed by atoms with van der Waals surface area (Å²) in [6, 6.07) is 0. The summed E-state index contributed by atoms with van der Waals surface area (Å²) in [5, 5.41) is 3.11. The molecule has 106 valence electrons. The Labute approximate surface area is 117 Å². The van der Waals surface area contributed by atoms with Gasteiger partial charge < -0.3 is 5.32 Å². The van der Waals surface area contributed by atoms with Crippen molar-refractivity contribution in [1.29, 1.82) is 0 Å². The molecule has 0 aromatic carbocycles. The molecule has 0 radical (unpaired) electrons. The Morgan fingerprint density at radius 3 is 2.28 bits per heavy atom. The van der Waals surface area contributed by atoms with E-state index in [0.717, 1.165) is 19.3 Å². The Morgan fingerprint density at radius 2 is 1.72 bits per heavy atom. The van der Waals surface area contributed by atoms with Crippen LogP contribution in [0.25, 0.3) is 0 Å². The third-order valence-corrected chi connectivity index (χ3v) is 4.03. The largest absolute Gasteiger partial charge is 0.354 e. The minimum absolute atomic E-state index is 0.0718. The van der Waals surface area contributed by atoms with E-state index < -0.39 is 0 Å². The molecule has 1 rings (SSSR count). The number of halogens is 1. The van der Waals surface area contributed by atoms with Gasteiger partial charge in [-0.05, 0) is 25.2 Å². The van der Waals surface area contributed by atoms with Gasteiger partial charge in [-0.1, -0.05) is 46.0 Å². The Bertz CT molecular complexity index is 235. The Balaban J connectivity index is 2.25. The summed E-state index contributed by atoms with van der Waals surface area (Å²) in [6.07, 6.45) is 9.40. The van der Waals surface area contributed by atoms with E-state index in [0.29, 0.717) is 12.5 Å². The number of rotatable bonds is 5. The van der Waals surface area contributed by atoms with E-state index >= 15 is 0 Å². The van der Waals surface area contributed by atoms with Crippen molar-refractivity contribution in [3.05, 3.63) is 0 Å². The molecule has 0 heterocycles. The molecule has 1 N–H and O–H groups in total. The number of nitrogens with one attached hydrogen (secondary N) is 1. The summed E-state index contributed by atoms with van der Waals surface area (Å²) < 4.78 is 0. The van der Waals surface area contributed by atoms with Crippen LogP contribution >= 0.6 is 11.6 Å². The smallest absolute Gasteiger partial charge is 0.223 e. The molecule has 0 bridgehead atoms. The fraction of sp³-hybridized carbons (Fsp3) is 0.933. The third kappa shape index (κ3) is 6.63. The molecule has 1 fully saturated rings. The molecule has 0 aromatic rings. The summed E-state index contributed by atoms with van der Waals surface area (Å²) in [6.45, 7) is 4.94. The van der Waals surface area contributed by atoms with Gasteiger partial charge in [-0.25, -0.2) is 0 Å². The molecular formula is C15H28ClNO. The summed E-state index contributed by atoms with van der Waals surface area (Å²) in [4.78, 5) is 12.1. The second-order valence-electron chi connectivity index (χ2n) is 6.01. The molecule has 3 heteroatoms. The highest BCUT2D eigenvalue weighted by Crippen LogP contribution is 2.22. The lowest BCUT2D eigenvalue weighted by Crippen LogP contribution is -2.35. The van der Waals surface area contributed by atoms with Crippen molar-refractivity contribution in [3.63, 3.8) is 0 Å². The van der Waals surface area contributed by atoms with Gasteiger partial charge in [0, 0.05) is 12.5 Å². The Morgan fingerprint density at radius 1 is 1.17 bits per heavy atom. The number of carbonyl (C=O) groups is 1. The fourth-order valence-corrected chi connectivity index (χ4v) is 3.10. The second-order valence-corrected chi connectivity index (χ2v) is 6.63. The van der Waals surface area contributed by atoms with Gasteiger partial charge in [-0.3, -0.25) is 4.79 Å². The van der Waals surface area contributed by atoms with Gasteiger partial charge in [-0.2, -0.15) is 0 Å². The molecular weight excluding hydrogens is 246 g/mol. The lowest BCUT2D eigenvalue weighted by Gasteiger charge is -2.20. The Kier molecular flexibility index (Phi) is 7.73.